The number of aromatic amines is 1. The van der Waals surface area contributed by atoms with Gasteiger partial charge in [-0.3, -0.25) is 14.9 Å². The van der Waals surface area contributed by atoms with Gasteiger partial charge in [-0.25, -0.2) is 4.98 Å². The van der Waals surface area contributed by atoms with Crippen LogP contribution in [0.1, 0.15) is 48.3 Å². The number of H-pyrrole nitrogens is 1. The fourth-order valence-corrected chi connectivity index (χ4v) is 5.78. The standard InChI is InChI=1S/C26H30N6OS/c1-15(2)32-10-7-19(8-11-32)28-25(33)23-24(18-6-5-9-27-14-18)34-26(29-23)22-20-13-16(3)12-17(4)21(20)30-31-22/h5-6,9,12-15,19H,7-8,10-11H2,1-4H3,(H,28,33)(H,30,31). The number of aromatic nitrogens is 4. The van der Waals surface area contributed by atoms with E-state index in [0.717, 1.165) is 63.5 Å². The number of pyridine rings is 1. The minimum atomic E-state index is -0.128. The number of carbonyl (C=O) groups is 1. The van der Waals surface area contributed by atoms with Crippen LogP contribution in [0.5, 0.6) is 0 Å². The zero-order chi connectivity index (χ0) is 23.8. The van der Waals surface area contributed by atoms with Gasteiger partial charge in [0.2, 0.25) is 0 Å². The summed E-state index contributed by atoms with van der Waals surface area (Å²) in [4.78, 5) is 25.8. The molecule has 0 spiro atoms. The number of piperidine rings is 1. The SMILES string of the molecule is Cc1cc(C)c2[nH]nc(-c3nc(C(=O)NC4CCN(C(C)C)CC4)c(-c4cccnc4)s3)c2c1. The first-order chi connectivity index (χ1) is 16.4. The van der Waals surface area contributed by atoms with Crippen molar-refractivity contribution in [3.8, 4) is 21.1 Å². The molecule has 8 heteroatoms. The second-order valence-corrected chi connectivity index (χ2v) is 10.4. The van der Waals surface area contributed by atoms with Gasteiger partial charge in [0.05, 0.1) is 10.4 Å². The van der Waals surface area contributed by atoms with Crippen molar-refractivity contribution in [2.24, 2.45) is 0 Å². The predicted octanol–water partition coefficient (Wildman–Crippen LogP) is 4.97. The highest BCUT2D eigenvalue weighted by Crippen LogP contribution is 2.38. The number of hydrogen-bond acceptors (Lipinski definition) is 6. The van der Waals surface area contributed by atoms with Gasteiger partial charge < -0.3 is 10.2 Å². The van der Waals surface area contributed by atoms with Crippen molar-refractivity contribution in [2.45, 2.75) is 52.6 Å². The molecule has 1 aliphatic rings. The molecule has 1 fully saturated rings. The number of amides is 1. The molecule has 0 aliphatic carbocycles. The summed E-state index contributed by atoms with van der Waals surface area (Å²) in [6.07, 6.45) is 5.42. The molecule has 1 saturated heterocycles. The van der Waals surface area contributed by atoms with Gasteiger partial charge in [-0.15, -0.1) is 11.3 Å². The number of fused-ring (bicyclic) bond motifs is 1. The molecule has 3 aromatic heterocycles. The largest absolute Gasteiger partial charge is 0.348 e. The van der Waals surface area contributed by atoms with Crippen LogP contribution < -0.4 is 5.32 Å². The highest BCUT2D eigenvalue weighted by molar-refractivity contribution is 7.18. The average molecular weight is 475 g/mol. The molecule has 2 N–H and O–H groups in total. The zero-order valence-electron chi connectivity index (χ0n) is 20.1. The van der Waals surface area contributed by atoms with Crippen molar-refractivity contribution in [3.05, 3.63) is 53.5 Å². The molecular weight excluding hydrogens is 444 g/mol. The van der Waals surface area contributed by atoms with E-state index in [4.69, 9.17) is 4.98 Å². The minimum Gasteiger partial charge on any atom is -0.348 e. The van der Waals surface area contributed by atoms with Gasteiger partial charge in [0.15, 0.2) is 0 Å². The fourth-order valence-electron chi connectivity index (χ4n) is 4.72. The third-order valence-electron chi connectivity index (χ3n) is 6.58. The van der Waals surface area contributed by atoms with Crippen LogP contribution in [0.3, 0.4) is 0 Å². The Morgan fingerprint density at radius 3 is 2.74 bits per heavy atom. The number of carbonyl (C=O) groups excluding carboxylic acids is 1. The van der Waals surface area contributed by atoms with E-state index in [1.807, 2.05) is 12.1 Å². The summed E-state index contributed by atoms with van der Waals surface area (Å²) >= 11 is 1.49. The molecule has 34 heavy (non-hydrogen) atoms. The van der Waals surface area contributed by atoms with Gasteiger partial charge in [-0.1, -0.05) is 17.7 Å². The maximum absolute atomic E-state index is 13.4. The van der Waals surface area contributed by atoms with E-state index in [2.05, 4.69) is 65.2 Å². The molecule has 5 rings (SSSR count). The van der Waals surface area contributed by atoms with E-state index in [1.54, 1.807) is 12.4 Å². The molecular formula is C26H30N6OS. The van der Waals surface area contributed by atoms with Gasteiger partial charge in [0, 0.05) is 48.5 Å². The molecule has 0 atom stereocenters. The molecule has 4 aromatic rings. The quantitative estimate of drug-likeness (QED) is 0.427. The van der Waals surface area contributed by atoms with Gasteiger partial charge in [0.25, 0.3) is 5.91 Å². The summed E-state index contributed by atoms with van der Waals surface area (Å²) in [6, 6.07) is 8.80. The number of aryl methyl sites for hydroxylation is 2. The molecule has 0 unspecified atom stereocenters. The molecule has 176 valence electrons. The molecule has 1 aromatic carbocycles. The maximum atomic E-state index is 13.4. The summed E-state index contributed by atoms with van der Waals surface area (Å²) in [5.74, 6) is -0.128. The van der Waals surface area contributed by atoms with Crippen LogP contribution in [0.25, 0.3) is 32.0 Å². The normalized spacial score (nSPS) is 15.3. The van der Waals surface area contributed by atoms with Crippen LogP contribution in [-0.4, -0.2) is 56.1 Å². The number of benzene rings is 1. The van der Waals surface area contributed by atoms with Crippen molar-refractivity contribution in [3.63, 3.8) is 0 Å². The van der Waals surface area contributed by atoms with E-state index < -0.39 is 0 Å². The lowest BCUT2D eigenvalue weighted by Crippen LogP contribution is -2.46. The Kier molecular flexibility index (Phi) is 6.18. The number of thiazole rings is 1. The predicted molar refractivity (Wildman–Crippen MR) is 137 cm³/mol. The first kappa shape index (κ1) is 22.7. The smallest absolute Gasteiger partial charge is 0.271 e. The molecule has 0 bridgehead atoms. The molecule has 4 heterocycles. The van der Waals surface area contributed by atoms with E-state index in [9.17, 15) is 4.79 Å². The maximum Gasteiger partial charge on any atom is 0.271 e. The number of likely N-dealkylation sites (tertiary alicyclic amines) is 1. The lowest BCUT2D eigenvalue weighted by atomic mass is 10.0. The highest BCUT2D eigenvalue weighted by atomic mass is 32.1. The topological polar surface area (TPSA) is 86.8 Å². The highest BCUT2D eigenvalue weighted by Gasteiger charge is 2.27. The monoisotopic (exact) mass is 474 g/mol. The molecule has 1 aliphatic heterocycles. The lowest BCUT2D eigenvalue weighted by Gasteiger charge is -2.34. The second kappa shape index (κ2) is 9.27. The Morgan fingerprint density at radius 1 is 1.24 bits per heavy atom. The molecule has 0 saturated carbocycles. The van der Waals surface area contributed by atoms with Crippen molar-refractivity contribution < 1.29 is 4.79 Å². The van der Waals surface area contributed by atoms with Crippen LogP contribution in [0.4, 0.5) is 0 Å². The van der Waals surface area contributed by atoms with Crippen LogP contribution in [-0.2, 0) is 0 Å². The van der Waals surface area contributed by atoms with Gasteiger partial charge >= 0.3 is 0 Å². The van der Waals surface area contributed by atoms with Gasteiger partial charge in [0.1, 0.15) is 16.4 Å². The number of rotatable bonds is 5. The van der Waals surface area contributed by atoms with Crippen molar-refractivity contribution >= 4 is 28.1 Å². The van der Waals surface area contributed by atoms with Crippen LogP contribution in [0.2, 0.25) is 0 Å². The lowest BCUT2D eigenvalue weighted by molar-refractivity contribution is 0.0897. The molecule has 0 radical (unpaired) electrons. The third-order valence-corrected chi connectivity index (χ3v) is 7.69. The van der Waals surface area contributed by atoms with Crippen molar-refractivity contribution in [1.29, 1.82) is 0 Å². The van der Waals surface area contributed by atoms with E-state index in [0.29, 0.717) is 11.7 Å². The first-order valence-electron chi connectivity index (χ1n) is 11.8. The first-order valence-corrected chi connectivity index (χ1v) is 12.6. The number of nitrogens with one attached hydrogen (secondary N) is 2. The van der Waals surface area contributed by atoms with Gasteiger partial charge in [-0.2, -0.15) is 5.10 Å². The van der Waals surface area contributed by atoms with Crippen LogP contribution >= 0.6 is 11.3 Å². The summed E-state index contributed by atoms with van der Waals surface area (Å²) in [5, 5.41) is 12.7. The Labute approximate surface area is 203 Å². The van der Waals surface area contributed by atoms with E-state index in [-0.39, 0.29) is 11.9 Å². The third kappa shape index (κ3) is 4.35. The Balaban J connectivity index is 1.50. The number of hydrogen-bond donors (Lipinski definition) is 2. The van der Waals surface area contributed by atoms with Crippen molar-refractivity contribution in [1.82, 2.24) is 30.4 Å². The summed E-state index contributed by atoms with van der Waals surface area (Å²) in [5.41, 5.74) is 5.42. The second-order valence-electron chi connectivity index (χ2n) is 9.39. The molecule has 1 amide bonds. The average Bonchev–Trinajstić information content (AvgIpc) is 3.45. The van der Waals surface area contributed by atoms with Crippen molar-refractivity contribution in [2.75, 3.05) is 13.1 Å². The summed E-state index contributed by atoms with van der Waals surface area (Å²) < 4.78 is 0. The minimum absolute atomic E-state index is 0.128. The molecule has 7 nitrogen and oxygen atoms in total. The Bertz CT molecular complexity index is 1320. The number of nitrogens with zero attached hydrogens (tertiary/aromatic N) is 4. The Hall–Kier alpha value is -3.10. The van der Waals surface area contributed by atoms with Crippen LogP contribution in [0.15, 0.2) is 36.7 Å². The fraction of sp³-hybridized carbons (Fsp3) is 0.385. The summed E-state index contributed by atoms with van der Waals surface area (Å²) in [6.45, 7) is 10.6. The van der Waals surface area contributed by atoms with E-state index in [1.165, 1.54) is 16.9 Å². The zero-order valence-corrected chi connectivity index (χ0v) is 20.9. The van der Waals surface area contributed by atoms with Crippen LogP contribution in [0, 0.1) is 13.8 Å². The Morgan fingerprint density at radius 2 is 2.03 bits per heavy atom. The summed E-state index contributed by atoms with van der Waals surface area (Å²) in [7, 11) is 0. The van der Waals surface area contributed by atoms with Gasteiger partial charge in [-0.05, 0) is 58.2 Å². The van der Waals surface area contributed by atoms with E-state index >= 15 is 0 Å².